The normalized spacial score (nSPS) is 18.0. The van der Waals surface area contributed by atoms with Crippen LogP contribution in [0, 0.1) is 17.5 Å². The van der Waals surface area contributed by atoms with Gasteiger partial charge in [-0.2, -0.15) is 5.10 Å². The molecule has 2 aliphatic heterocycles. The molecule has 1 aromatic heterocycles. The summed E-state index contributed by atoms with van der Waals surface area (Å²) in [5.41, 5.74) is 11.4. The zero-order valence-electron chi connectivity index (χ0n) is 20.5. The number of aromatic nitrogens is 2. The summed E-state index contributed by atoms with van der Waals surface area (Å²) >= 11 is 0. The first-order chi connectivity index (χ1) is 18.0. The van der Waals surface area contributed by atoms with E-state index in [1.54, 1.807) is 9.80 Å². The largest absolute Gasteiger partial charge is 0.395 e. The first kappa shape index (κ1) is 26.7. The second kappa shape index (κ2) is 10.9. The highest BCUT2D eigenvalue weighted by atomic mass is 19.1. The van der Waals surface area contributed by atoms with Crippen molar-refractivity contribution in [3.63, 3.8) is 0 Å². The lowest BCUT2D eigenvalue weighted by atomic mass is 10.0. The van der Waals surface area contributed by atoms with Crippen LogP contribution in [0.15, 0.2) is 35.2 Å². The number of anilines is 1. The Balaban J connectivity index is 1.45. The molecule has 0 saturated carbocycles. The smallest absolute Gasteiger partial charge is 0.341 e. The third-order valence-corrected chi connectivity index (χ3v) is 6.26. The van der Waals surface area contributed by atoms with E-state index < -0.39 is 35.4 Å². The van der Waals surface area contributed by atoms with E-state index in [1.165, 1.54) is 30.3 Å². The van der Waals surface area contributed by atoms with Gasteiger partial charge in [-0.25, -0.2) is 38.8 Å². The Hall–Kier alpha value is -4.40. The minimum atomic E-state index is -0.779. The molecule has 1 saturated heterocycles. The standard InChI is InChI=1S/C23H27F3N10O2/c1-13(35(29)12-19(27)37)20(28)21-17(26)11-30-22(32-21)33-4-6-34(7-5-33)23(38)36-18(2-3-31-36)14-8-15(24)10-16(25)9-14/h3,8-11,18H,2,4-7,12,28-29H2,1H3,(H2,27,37). The fraction of sp³-hybridized carbons (Fsp3) is 0.348. The summed E-state index contributed by atoms with van der Waals surface area (Å²) in [5, 5.41) is 6.34. The summed E-state index contributed by atoms with van der Waals surface area (Å²) in [6.07, 6.45) is 2.84. The number of hydrogen-bond acceptors (Lipinski definition) is 9. The Morgan fingerprint density at radius 3 is 2.37 bits per heavy atom. The molecular weight excluding hydrogens is 505 g/mol. The lowest BCUT2D eigenvalue weighted by Crippen LogP contribution is -2.52. The molecule has 12 nitrogen and oxygen atoms in total. The van der Waals surface area contributed by atoms with Crippen LogP contribution in [0.4, 0.5) is 23.9 Å². The number of nitrogens with two attached hydrogens (primary N) is 3. The average Bonchev–Trinajstić information content (AvgIpc) is 3.37. The van der Waals surface area contributed by atoms with Crippen LogP contribution in [-0.4, -0.2) is 75.8 Å². The second-order valence-electron chi connectivity index (χ2n) is 8.81. The minimum Gasteiger partial charge on any atom is -0.395 e. The molecule has 4 rings (SSSR count). The maximum atomic E-state index is 14.5. The SMILES string of the molecule is CC(=C(N)c1nc(N2CCN(C(=O)N3N=CCC3c3cc(F)cc(F)c3)CC2)ncc1F)N(N)CC(N)=O. The van der Waals surface area contributed by atoms with Crippen LogP contribution < -0.4 is 22.2 Å². The van der Waals surface area contributed by atoms with Crippen LogP contribution in [0.3, 0.4) is 0 Å². The number of hydrogen-bond donors (Lipinski definition) is 3. The van der Waals surface area contributed by atoms with Gasteiger partial charge in [-0.3, -0.25) is 4.79 Å². The zero-order chi connectivity index (χ0) is 27.6. The number of urea groups is 1. The van der Waals surface area contributed by atoms with E-state index >= 15 is 0 Å². The van der Waals surface area contributed by atoms with E-state index in [1.807, 2.05) is 0 Å². The summed E-state index contributed by atoms with van der Waals surface area (Å²) in [6.45, 7) is 2.35. The fourth-order valence-electron chi connectivity index (χ4n) is 4.20. The van der Waals surface area contributed by atoms with Gasteiger partial charge < -0.3 is 26.3 Å². The molecule has 2 aromatic rings. The second-order valence-corrected chi connectivity index (χ2v) is 8.81. The predicted octanol–water partition coefficient (Wildman–Crippen LogP) is 0.877. The lowest BCUT2D eigenvalue weighted by Gasteiger charge is -2.37. The Labute approximate surface area is 216 Å². The summed E-state index contributed by atoms with van der Waals surface area (Å²) in [6, 6.07) is 2.11. The zero-order valence-corrected chi connectivity index (χ0v) is 20.5. The van der Waals surface area contributed by atoms with Crippen molar-refractivity contribution in [2.45, 2.75) is 19.4 Å². The van der Waals surface area contributed by atoms with E-state index in [4.69, 9.17) is 17.3 Å². The van der Waals surface area contributed by atoms with Crippen LogP contribution in [-0.2, 0) is 4.79 Å². The van der Waals surface area contributed by atoms with Gasteiger partial charge in [0, 0.05) is 44.9 Å². The Kier molecular flexibility index (Phi) is 7.66. The van der Waals surface area contributed by atoms with Gasteiger partial charge in [0.05, 0.1) is 23.6 Å². The maximum Gasteiger partial charge on any atom is 0.341 e. The maximum absolute atomic E-state index is 14.5. The molecule has 0 radical (unpaired) electrons. The number of rotatable bonds is 6. The van der Waals surface area contributed by atoms with Crippen molar-refractivity contribution in [2.75, 3.05) is 37.6 Å². The van der Waals surface area contributed by atoms with Crippen molar-refractivity contribution in [1.29, 1.82) is 0 Å². The average molecular weight is 533 g/mol. The number of piperazine rings is 1. The third-order valence-electron chi connectivity index (χ3n) is 6.26. The van der Waals surface area contributed by atoms with E-state index in [-0.39, 0.29) is 42.7 Å². The number of carbonyl (C=O) groups excluding carboxylic acids is 2. The fourth-order valence-corrected chi connectivity index (χ4v) is 4.20. The number of primary amides is 1. The first-order valence-corrected chi connectivity index (χ1v) is 11.7. The molecule has 1 atom stereocenters. The molecule has 0 spiro atoms. The number of carbonyl (C=O) groups is 2. The lowest BCUT2D eigenvalue weighted by molar-refractivity contribution is -0.118. The molecule has 0 aliphatic carbocycles. The van der Waals surface area contributed by atoms with Crippen LogP contribution in [0.1, 0.15) is 30.6 Å². The number of allylic oxidation sites excluding steroid dienone is 1. The molecule has 15 heteroatoms. The molecule has 3 amide bonds. The number of amides is 3. The molecule has 1 unspecified atom stereocenters. The number of hydrazone groups is 1. The van der Waals surface area contributed by atoms with Gasteiger partial charge in [-0.05, 0) is 24.6 Å². The van der Waals surface area contributed by atoms with Gasteiger partial charge in [-0.15, -0.1) is 0 Å². The highest BCUT2D eigenvalue weighted by Crippen LogP contribution is 2.30. The first-order valence-electron chi connectivity index (χ1n) is 11.7. The molecule has 6 N–H and O–H groups in total. The van der Waals surface area contributed by atoms with Crippen molar-refractivity contribution < 1.29 is 22.8 Å². The molecular formula is C23H27F3N10O2. The molecule has 1 fully saturated rings. The van der Waals surface area contributed by atoms with Gasteiger partial charge in [0.1, 0.15) is 23.9 Å². The third kappa shape index (κ3) is 5.61. The Morgan fingerprint density at radius 2 is 1.74 bits per heavy atom. The van der Waals surface area contributed by atoms with Gasteiger partial charge in [0.2, 0.25) is 11.9 Å². The van der Waals surface area contributed by atoms with E-state index in [0.29, 0.717) is 25.1 Å². The van der Waals surface area contributed by atoms with Crippen molar-refractivity contribution in [2.24, 2.45) is 22.4 Å². The van der Waals surface area contributed by atoms with Crippen molar-refractivity contribution >= 4 is 29.8 Å². The number of hydrazine groups is 1. The van der Waals surface area contributed by atoms with Crippen LogP contribution in [0.2, 0.25) is 0 Å². The van der Waals surface area contributed by atoms with Crippen LogP contribution in [0.5, 0.6) is 0 Å². The Morgan fingerprint density at radius 1 is 1.08 bits per heavy atom. The minimum absolute atomic E-state index is 0.0876. The van der Waals surface area contributed by atoms with E-state index in [9.17, 15) is 22.8 Å². The quantitative estimate of drug-likeness (QED) is 0.365. The summed E-state index contributed by atoms with van der Waals surface area (Å²) in [5.74, 6) is 3.03. The van der Waals surface area contributed by atoms with Gasteiger partial charge in [0.25, 0.3) is 0 Å². The molecule has 202 valence electrons. The summed E-state index contributed by atoms with van der Waals surface area (Å²) < 4.78 is 42.0. The molecule has 2 aliphatic rings. The van der Waals surface area contributed by atoms with Gasteiger partial charge in [0.15, 0.2) is 5.82 Å². The topological polar surface area (TPSA) is 163 Å². The number of halogens is 3. The number of nitrogens with zero attached hydrogens (tertiary/aromatic N) is 7. The van der Waals surface area contributed by atoms with E-state index in [0.717, 1.165) is 17.3 Å². The highest BCUT2D eigenvalue weighted by molar-refractivity contribution is 5.79. The monoisotopic (exact) mass is 532 g/mol. The summed E-state index contributed by atoms with van der Waals surface area (Å²) in [7, 11) is 0. The van der Waals surface area contributed by atoms with Crippen LogP contribution >= 0.6 is 0 Å². The predicted molar refractivity (Wildman–Crippen MR) is 132 cm³/mol. The molecule has 0 bridgehead atoms. The van der Waals surface area contributed by atoms with Crippen molar-refractivity contribution in [1.82, 2.24) is 24.9 Å². The van der Waals surface area contributed by atoms with Crippen molar-refractivity contribution in [3.05, 3.63) is 58.8 Å². The highest BCUT2D eigenvalue weighted by Gasteiger charge is 2.34. The molecule has 3 heterocycles. The van der Waals surface area contributed by atoms with E-state index in [2.05, 4.69) is 15.1 Å². The molecule has 38 heavy (non-hydrogen) atoms. The molecule has 1 aromatic carbocycles. The van der Waals surface area contributed by atoms with Crippen LogP contribution in [0.25, 0.3) is 5.70 Å². The Bertz CT molecular complexity index is 1280. The van der Waals surface area contributed by atoms with Gasteiger partial charge >= 0.3 is 6.03 Å². The van der Waals surface area contributed by atoms with Gasteiger partial charge in [-0.1, -0.05) is 0 Å². The van der Waals surface area contributed by atoms with Crippen molar-refractivity contribution in [3.8, 4) is 0 Å². The summed E-state index contributed by atoms with van der Waals surface area (Å²) in [4.78, 5) is 35.9. The number of benzene rings is 1.